The van der Waals surface area contributed by atoms with Gasteiger partial charge in [0, 0.05) is 11.3 Å². The van der Waals surface area contributed by atoms with Crippen LogP contribution >= 0.6 is 0 Å². The molecule has 4 nitrogen and oxygen atoms in total. The largest absolute Gasteiger partial charge is 0.458 e. The maximum Gasteiger partial charge on any atom is 0.315 e. The van der Waals surface area contributed by atoms with E-state index in [1.165, 1.54) is 0 Å². The number of ether oxygens (including phenoxy) is 1. The van der Waals surface area contributed by atoms with Crippen molar-refractivity contribution in [3.05, 3.63) is 12.2 Å². The third-order valence-electron chi connectivity index (χ3n) is 14.0. The van der Waals surface area contributed by atoms with Gasteiger partial charge in [0.05, 0.1) is 12.2 Å². The highest BCUT2D eigenvalue weighted by atomic mass is 16.6. The second-order valence-corrected chi connectivity index (χ2v) is 14.8. The maximum absolute atomic E-state index is 13.7. The van der Waals surface area contributed by atoms with Gasteiger partial charge < -0.3 is 14.9 Å². The highest BCUT2D eigenvalue weighted by molar-refractivity contribution is 5.83. The topological polar surface area (TPSA) is 66.8 Å². The van der Waals surface area contributed by atoms with E-state index in [2.05, 4.69) is 48.1 Å². The number of hydrogen-bond acceptors (Lipinski definition) is 4. The van der Waals surface area contributed by atoms with Gasteiger partial charge >= 0.3 is 5.97 Å². The molecule has 0 aromatic rings. The first-order valence-electron chi connectivity index (χ1n) is 14.0. The fourth-order valence-corrected chi connectivity index (χ4v) is 11.9. The average Bonchev–Trinajstić information content (AvgIpc) is 2.96. The Labute approximate surface area is 205 Å². The first-order chi connectivity index (χ1) is 15.7. The lowest BCUT2D eigenvalue weighted by Crippen LogP contribution is -2.73. The fraction of sp³-hybridized carbons (Fsp3) is 0.900. The summed E-state index contributed by atoms with van der Waals surface area (Å²) >= 11 is 0. The minimum atomic E-state index is -0.749. The standard InChI is InChI=1S/C30H46O4/c1-17-16-22(32)29-15-14-28(7)27(6)12-8-19-25(3,4)21(31)10-11-26(19,5)20(27)9-13-30(28,34-24(29)33)23(29)18(17)2/h18-23,31-32H,1,8-16H2,2-7H3/t18-,19+,20-,21+,22+,23-,26+,27-,28+,29-,30+/m1/s1. The van der Waals surface area contributed by atoms with Gasteiger partial charge in [-0.15, -0.1) is 0 Å². The Morgan fingerprint density at radius 3 is 2.26 bits per heavy atom. The van der Waals surface area contributed by atoms with Crippen molar-refractivity contribution in [3.8, 4) is 0 Å². The number of carbonyl (C=O) groups is 1. The minimum Gasteiger partial charge on any atom is -0.458 e. The van der Waals surface area contributed by atoms with E-state index in [0.29, 0.717) is 18.3 Å². The Morgan fingerprint density at radius 2 is 1.56 bits per heavy atom. The molecule has 6 rings (SSSR count). The Balaban J connectivity index is 1.48. The second-order valence-electron chi connectivity index (χ2n) is 14.8. The van der Waals surface area contributed by atoms with Crippen molar-refractivity contribution in [1.29, 1.82) is 0 Å². The molecule has 4 heteroatoms. The SMILES string of the molecule is C=C1C[C@H](O)[C@@]23CC[C@]4(C)[C@@](CC[C@@H]5[C@@]6(C)CC[C@H](O)C(C)(C)[C@@H]6CC[C@]54C)(OC2=O)[C@@H]3[C@@H]1C. The number of carbonyl (C=O) groups excluding carboxylic acids is 1. The van der Waals surface area contributed by atoms with Crippen LogP contribution in [0.3, 0.4) is 0 Å². The maximum atomic E-state index is 13.7. The first-order valence-corrected chi connectivity index (χ1v) is 14.0. The number of esters is 1. The van der Waals surface area contributed by atoms with Crippen LogP contribution in [0, 0.1) is 50.7 Å². The summed E-state index contributed by atoms with van der Waals surface area (Å²) in [7, 11) is 0. The molecule has 190 valence electrons. The molecule has 0 aromatic heterocycles. The lowest BCUT2D eigenvalue weighted by atomic mass is 9.30. The van der Waals surface area contributed by atoms with Gasteiger partial charge in [0.15, 0.2) is 0 Å². The predicted octanol–water partition coefficient (Wildman–Crippen LogP) is 5.66. The molecule has 11 atom stereocenters. The molecule has 0 unspecified atom stereocenters. The van der Waals surface area contributed by atoms with Crippen LogP contribution in [-0.2, 0) is 9.53 Å². The normalized spacial score (nSPS) is 59.9. The van der Waals surface area contributed by atoms with E-state index >= 15 is 0 Å². The third kappa shape index (κ3) is 2.21. The molecule has 1 saturated heterocycles. The number of hydrogen-bond donors (Lipinski definition) is 2. The number of aliphatic hydroxyl groups is 2. The van der Waals surface area contributed by atoms with Gasteiger partial charge in [0.25, 0.3) is 0 Å². The minimum absolute atomic E-state index is 0.0235. The molecule has 6 fully saturated rings. The van der Waals surface area contributed by atoms with Crippen molar-refractivity contribution >= 4 is 5.97 Å². The number of fused-ring (bicyclic) bond motifs is 4. The molecule has 34 heavy (non-hydrogen) atoms. The van der Waals surface area contributed by atoms with Crippen LogP contribution in [0.4, 0.5) is 0 Å². The van der Waals surface area contributed by atoms with Crippen LogP contribution in [0.25, 0.3) is 0 Å². The summed E-state index contributed by atoms with van der Waals surface area (Å²) in [6, 6.07) is 0. The molecule has 0 aromatic carbocycles. The summed E-state index contributed by atoms with van der Waals surface area (Å²) in [6.45, 7) is 18.7. The Kier molecular flexibility index (Phi) is 4.51. The summed E-state index contributed by atoms with van der Waals surface area (Å²) in [5.41, 5.74) is -0.102. The van der Waals surface area contributed by atoms with Crippen LogP contribution in [0.1, 0.15) is 99.3 Å². The van der Waals surface area contributed by atoms with Gasteiger partial charge in [-0.2, -0.15) is 0 Å². The summed E-state index contributed by atoms with van der Waals surface area (Å²) in [6.07, 6.45) is 7.53. The summed E-state index contributed by atoms with van der Waals surface area (Å²) in [4.78, 5) is 13.7. The molecule has 6 aliphatic rings. The Hall–Kier alpha value is -0.870. The van der Waals surface area contributed by atoms with Crippen molar-refractivity contribution in [1.82, 2.24) is 0 Å². The first kappa shape index (κ1) is 23.5. The van der Waals surface area contributed by atoms with Crippen LogP contribution < -0.4 is 0 Å². The second kappa shape index (κ2) is 6.52. The van der Waals surface area contributed by atoms with Crippen LogP contribution in [0.5, 0.6) is 0 Å². The van der Waals surface area contributed by atoms with E-state index in [4.69, 9.17) is 4.74 Å². The highest BCUT2D eigenvalue weighted by Gasteiger charge is 2.82. The van der Waals surface area contributed by atoms with E-state index in [9.17, 15) is 15.0 Å². The van der Waals surface area contributed by atoms with Crippen LogP contribution in [0.15, 0.2) is 12.2 Å². The molecule has 1 aliphatic heterocycles. The molecule has 5 aliphatic carbocycles. The van der Waals surface area contributed by atoms with Crippen molar-refractivity contribution in [3.63, 3.8) is 0 Å². The van der Waals surface area contributed by atoms with Gasteiger partial charge in [-0.05, 0) is 91.8 Å². The molecule has 5 saturated carbocycles. The number of aliphatic hydroxyl groups excluding tert-OH is 2. The smallest absolute Gasteiger partial charge is 0.315 e. The van der Waals surface area contributed by atoms with Crippen molar-refractivity contribution in [2.75, 3.05) is 0 Å². The zero-order valence-electron chi connectivity index (χ0n) is 22.2. The van der Waals surface area contributed by atoms with Crippen molar-refractivity contribution in [2.24, 2.45) is 50.7 Å². The molecule has 2 bridgehead atoms. The zero-order valence-corrected chi connectivity index (χ0v) is 22.2. The molecular formula is C30H46O4. The molecular weight excluding hydrogens is 424 g/mol. The third-order valence-corrected chi connectivity index (χ3v) is 14.0. The van der Waals surface area contributed by atoms with Crippen molar-refractivity contribution < 1.29 is 19.7 Å². The Bertz CT molecular complexity index is 955. The van der Waals surface area contributed by atoms with Crippen LogP contribution in [0.2, 0.25) is 0 Å². The molecule has 2 N–H and O–H groups in total. The number of rotatable bonds is 0. The van der Waals surface area contributed by atoms with Gasteiger partial charge in [-0.3, -0.25) is 4.79 Å². The average molecular weight is 471 g/mol. The van der Waals surface area contributed by atoms with E-state index in [0.717, 1.165) is 56.9 Å². The van der Waals surface area contributed by atoms with E-state index in [1.807, 2.05) is 0 Å². The van der Waals surface area contributed by atoms with Gasteiger partial charge in [0.1, 0.15) is 11.0 Å². The predicted molar refractivity (Wildman–Crippen MR) is 132 cm³/mol. The monoisotopic (exact) mass is 470 g/mol. The zero-order chi connectivity index (χ0) is 24.7. The van der Waals surface area contributed by atoms with E-state index in [-0.39, 0.29) is 45.6 Å². The van der Waals surface area contributed by atoms with E-state index < -0.39 is 17.1 Å². The van der Waals surface area contributed by atoms with Gasteiger partial charge in [-0.1, -0.05) is 53.7 Å². The lowest BCUT2D eigenvalue weighted by Gasteiger charge is -2.74. The summed E-state index contributed by atoms with van der Waals surface area (Å²) in [5.74, 6) is 1.15. The summed E-state index contributed by atoms with van der Waals surface area (Å²) < 4.78 is 6.67. The van der Waals surface area contributed by atoms with Crippen LogP contribution in [-0.4, -0.2) is 34.0 Å². The highest BCUT2D eigenvalue weighted by Crippen LogP contribution is 2.80. The molecule has 0 radical (unpaired) electrons. The summed E-state index contributed by atoms with van der Waals surface area (Å²) in [5, 5.41) is 22.2. The molecule has 1 heterocycles. The fourth-order valence-electron chi connectivity index (χ4n) is 11.9. The van der Waals surface area contributed by atoms with Crippen molar-refractivity contribution in [2.45, 2.75) is 117 Å². The van der Waals surface area contributed by atoms with E-state index in [1.54, 1.807) is 0 Å². The molecule has 0 amide bonds. The lowest BCUT2D eigenvalue weighted by molar-refractivity contribution is -0.289. The van der Waals surface area contributed by atoms with Gasteiger partial charge in [-0.25, -0.2) is 0 Å². The van der Waals surface area contributed by atoms with Gasteiger partial charge in [0.2, 0.25) is 0 Å². The molecule has 1 spiro atoms. The Morgan fingerprint density at radius 1 is 0.882 bits per heavy atom. The quantitative estimate of drug-likeness (QED) is 0.354.